The molecule has 1 aliphatic heterocycles. The average molecular weight is 395 g/mol. The minimum Gasteiger partial charge on any atom is -0.374 e. The number of nitriles is 1. The van der Waals surface area contributed by atoms with Crippen LogP contribution in [0.5, 0.6) is 0 Å². The van der Waals surface area contributed by atoms with Crippen LogP contribution >= 0.6 is 11.6 Å². The zero-order valence-corrected chi connectivity index (χ0v) is 16.6. The lowest BCUT2D eigenvalue weighted by molar-refractivity contribution is -0.112. The summed E-state index contributed by atoms with van der Waals surface area (Å²) in [6, 6.07) is 17.7. The van der Waals surface area contributed by atoms with Gasteiger partial charge in [0.25, 0.3) is 5.91 Å². The SMILES string of the molecule is Cc1c(Cl)cccc1NC(=O)/C(C#N)=C\N1CCN(Cc2ccccc2)CC1. The molecule has 6 heteroatoms. The van der Waals surface area contributed by atoms with Crippen molar-refractivity contribution in [1.29, 1.82) is 5.26 Å². The van der Waals surface area contributed by atoms with Crippen molar-refractivity contribution in [2.45, 2.75) is 13.5 Å². The fourth-order valence-corrected chi connectivity index (χ4v) is 3.32. The van der Waals surface area contributed by atoms with Crippen molar-refractivity contribution in [2.24, 2.45) is 0 Å². The maximum absolute atomic E-state index is 12.5. The number of carbonyl (C=O) groups is 1. The van der Waals surface area contributed by atoms with Crippen LogP contribution in [0.4, 0.5) is 5.69 Å². The monoisotopic (exact) mass is 394 g/mol. The van der Waals surface area contributed by atoms with E-state index in [1.54, 1.807) is 24.4 Å². The van der Waals surface area contributed by atoms with E-state index in [1.165, 1.54) is 5.56 Å². The van der Waals surface area contributed by atoms with Crippen LogP contribution < -0.4 is 5.32 Å². The maximum Gasteiger partial charge on any atom is 0.267 e. The summed E-state index contributed by atoms with van der Waals surface area (Å²) in [4.78, 5) is 16.9. The highest BCUT2D eigenvalue weighted by Gasteiger charge is 2.18. The number of hydrogen-bond acceptors (Lipinski definition) is 4. The largest absolute Gasteiger partial charge is 0.374 e. The first-order valence-electron chi connectivity index (χ1n) is 9.25. The number of carbonyl (C=O) groups excluding carboxylic acids is 1. The van der Waals surface area contributed by atoms with Gasteiger partial charge in [-0.2, -0.15) is 5.26 Å². The summed E-state index contributed by atoms with van der Waals surface area (Å²) in [5.41, 5.74) is 2.78. The Bertz CT molecular complexity index is 896. The third-order valence-corrected chi connectivity index (χ3v) is 5.26. The fraction of sp³-hybridized carbons (Fsp3) is 0.273. The van der Waals surface area contributed by atoms with Gasteiger partial charge in [-0.3, -0.25) is 9.69 Å². The van der Waals surface area contributed by atoms with Crippen molar-refractivity contribution in [2.75, 3.05) is 31.5 Å². The molecule has 1 aliphatic rings. The van der Waals surface area contributed by atoms with Gasteiger partial charge in [0.2, 0.25) is 0 Å². The number of hydrogen-bond donors (Lipinski definition) is 1. The summed E-state index contributed by atoms with van der Waals surface area (Å²) >= 11 is 6.09. The number of halogens is 1. The Morgan fingerprint density at radius 3 is 2.54 bits per heavy atom. The van der Waals surface area contributed by atoms with E-state index in [9.17, 15) is 10.1 Å². The van der Waals surface area contributed by atoms with E-state index >= 15 is 0 Å². The molecule has 0 aliphatic carbocycles. The van der Waals surface area contributed by atoms with Crippen LogP contribution in [0, 0.1) is 18.3 Å². The first-order valence-corrected chi connectivity index (χ1v) is 9.63. The van der Waals surface area contributed by atoms with Crippen molar-refractivity contribution >= 4 is 23.2 Å². The number of benzene rings is 2. The molecule has 1 saturated heterocycles. The number of anilines is 1. The van der Waals surface area contributed by atoms with E-state index in [-0.39, 0.29) is 5.57 Å². The molecule has 0 saturated carbocycles. The second-order valence-electron chi connectivity index (χ2n) is 6.82. The van der Waals surface area contributed by atoms with Gasteiger partial charge in [-0.05, 0) is 30.2 Å². The molecule has 1 N–H and O–H groups in total. The number of nitrogens with one attached hydrogen (secondary N) is 1. The first-order chi connectivity index (χ1) is 13.6. The average Bonchev–Trinajstić information content (AvgIpc) is 2.71. The molecular weight excluding hydrogens is 372 g/mol. The smallest absolute Gasteiger partial charge is 0.267 e. The Morgan fingerprint density at radius 2 is 1.86 bits per heavy atom. The molecule has 0 aromatic heterocycles. The van der Waals surface area contributed by atoms with E-state index in [0.717, 1.165) is 38.3 Å². The van der Waals surface area contributed by atoms with E-state index in [1.807, 2.05) is 36.1 Å². The van der Waals surface area contributed by atoms with Crippen LogP contribution in [0.3, 0.4) is 0 Å². The topological polar surface area (TPSA) is 59.4 Å². The van der Waals surface area contributed by atoms with Crippen LogP contribution in [0.15, 0.2) is 60.3 Å². The van der Waals surface area contributed by atoms with Gasteiger partial charge in [-0.1, -0.05) is 48.0 Å². The summed E-state index contributed by atoms with van der Waals surface area (Å²) in [7, 11) is 0. The highest BCUT2D eigenvalue weighted by Crippen LogP contribution is 2.23. The number of nitrogens with zero attached hydrogens (tertiary/aromatic N) is 3. The molecule has 144 valence electrons. The van der Waals surface area contributed by atoms with Crippen LogP contribution in [0.1, 0.15) is 11.1 Å². The molecule has 2 aromatic carbocycles. The third kappa shape index (κ3) is 5.13. The predicted molar refractivity (Wildman–Crippen MR) is 112 cm³/mol. The molecule has 2 aromatic rings. The lowest BCUT2D eigenvalue weighted by atomic mass is 10.2. The van der Waals surface area contributed by atoms with Crippen molar-refractivity contribution in [1.82, 2.24) is 9.80 Å². The summed E-state index contributed by atoms with van der Waals surface area (Å²) in [5.74, 6) is -0.417. The van der Waals surface area contributed by atoms with E-state index in [0.29, 0.717) is 10.7 Å². The molecule has 0 unspecified atom stereocenters. The Kier molecular flexibility index (Phi) is 6.70. The molecule has 0 spiro atoms. The molecule has 3 rings (SSSR count). The lowest BCUT2D eigenvalue weighted by Crippen LogP contribution is -2.43. The normalized spacial score (nSPS) is 15.2. The molecule has 5 nitrogen and oxygen atoms in total. The third-order valence-electron chi connectivity index (χ3n) is 4.85. The fourth-order valence-electron chi connectivity index (χ4n) is 3.15. The minimum atomic E-state index is -0.417. The summed E-state index contributed by atoms with van der Waals surface area (Å²) in [6.07, 6.45) is 1.66. The molecule has 0 atom stereocenters. The summed E-state index contributed by atoms with van der Waals surface area (Å²) < 4.78 is 0. The van der Waals surface area contributed by atoms with E-state index in [4.69, 9.17) is 11.6 Å². The Balaban J connectivity index is 1.58. The number of rotatable bonds is 5. The van der Waals surface area contributed by atoms with Gasteiger partial charge in [0, 0.05) is 49.6 Å². The predicted octanol–water partition coefficient (Wildman–Crippen LogP) is 3.81. The molecule has 1 fully saturated rings. The lowest BCUT2D eigenvalue weighted by Gasteiger charge is -2.34. The van der Waals surface area contributed by atoms with Crippen molar-refractivity contribution in [3.05, 3.63) is 76.5 Å². The second-order valence-corrected chi connectivity index (χ2v) is 7.23. The van der Waals surface area contributed by atoms with Crippen molar-refractivity contribution in [3.63, 3.8) is 0 Å². The Hall–Kier alpha value is -2.81. The van der Waals surface area contributed by atoms with Crippen LogP contribution in [0.2, 0.25) is 5.02 Å². The number of amides is 1. The molecule has 1 heterocycles. The molecule has 1 amide bonds. The van der Waals surface area contributed by atoms with E-state index in [2.05, 4.69) is 22.3 Å². The van der Waals surface area contributed by atoms with Crippen molar-refractivity contribution < 1.29 is 4.79 Å². The summed E-state index contributed by atoms with van der Waals surface area (Å²) in [5, 5.41) is 12.8. The summed E-state index contributed by atoms with van der Waals surface area (Å²) in [6.45, 7) is 6.08. The highest BCUT2D eigenvalue weighted by atomic mass is 35.5. The first kappa shape index (κ1) is 19.9. The number of piperazine rings is 1. The van der Waals surface area contributed by atoms with Gasteiger partial charge < -0.3 is 10.2 Å². The zero-order chi connectivity index (χ0) is 19.9. The van der Waals surface area contributed by atoms with Crippen LogP contribution in [0.25, 0.3) is 0 Å². The molecular formula is C22H23ClN4O. The zero-order valence-electron chi connectivity index (χ0n) is 15.9. The molecule has 0 bridgehead atoms. The van der Waals surface area contributed by atoms with Gasteiger partial charge in [-0.15, -0.1) is 0 Å². The standard InChI is InChI=1S/C22H23ClN4O/c1-17-20(23)8-5-9-21(17)25-22(28)19(14-24)16-27-12-10-26(11-13-27)15-18-6-3-2-4-7-18/h2-9,16H,10-13,15H2,1H3,(H,25,28)/b19-16-. The van der Waals surface area contributed by atoms with Crippen LogP contribution in [-0.4, -0.2) is 41.9 Å². The van der Waals surface area contributed by atoms with E-state index < -0.39 is 5.91 Å². The van der Waals surface area contributed by atoms with Gasteiger partial charge in [-0.25, -0.2) is 0 Å². The second kappa shape index (κ2) is 9.41. The van der Waals surface area contributed by atoms with Crippen LogP contribution in [-0.2, 0) is 11.3 Å². The van der Waals surface area contributed by atoms with Crippen molar-refractivity contribution in [3.8, 4) is 6.07 Å². The van der Waals surface area contributed by atoms with Gasteiger partial charge in [0.1, 0.15) is 11.6 Å². The molecule has 28 heavy (non-hydrogen) atoms. The maximum atomic E-state index is 12.5. The quantitative estimate of drug-likeness (QED) is 0.618. The van der Waals surface area contributed by atoms with Gasteiger partial charge >= 0.3 is 0 Å². The highest BCUT2D eigenvalue weighted by molar-refractivity contribution is 6.31. The minimum absolute atomic E-state index is 0.0934. The molecule has 0 radical (unpaired) electrons. The Labute approximate surface area is 170 Å². The Morgan fingerprint density at radius 1 is 1.14 bits per heavy atom. The van der Waals surface area contributed by atoms with Gasteiger partial charge in [0.15, 0.2) is 0 Å². The van der Waals surface area contributed by atoms with Gasteiger partial charge in [0.05, 0.1) is 0 Å².